The maximum atomic E-state index is 12.8. The Morgan fingerprint density at radius 2 is 0.500 bits per heavy atom. The van der Waals surface area contributed by atoms with Gasteiger partial charge in [-0.15, -0.1) is 0 Å². The summed E-state index contributed by atoms with van der Waals surface area (Å²) in [5.41, 5.74) is 0.361. The number of esters is 3. The fourth-order valence-electron chi connectivity index (χ4n) is 14.6. The Morgan fingerprint density at radius 3 is 0.750 bits per heavy atom. The van der Waals surface area contributed by atoms with E-state index in [1.807, 2.05) is 0 Å². The van der Waals surface area contributed by atoms with Crippen LogP contribution in [0.4, 0.5) is 0 Å². The van der Waals surface area contributed by atoms with Crippen molar-refractivity contribution in [3.8, 4) is 0 Å². The van der Waals surface area contributed by atoms with Crippen molar-refractivity contribution in [1.29, 1.82) is 0 Å². The van der Waals surface area contributed by atoms with Crippen LogP contribution in [0.1, 0.15) is 420 Å². The number of carbonyl (C=O) groups is 5. The Labute approximate surface area is 618 Å². The Kier molecular flexibility index (Phi) is 76.2. The standard InChI is InChI=1S/C87H166N2O11/c1-8-12-16-20-32-44-56-79(81(58-46-34-22-18-14-10-3)62-50-38-26-30-42-54-66-85(92)98-75-72-96-71-70-95-7)60-48-36-24-28-40-52-64-83(90)88-68-69-89-84(91)65-53-41-29-25-37-49-61-80(57-45-33-21-17-13-9-2)82(59-47-35-23-19-15-11-4)63-51-39-27-31-43-55-67-86(93)99-76-73-97-74-77-100-87(94)78(5)6/h79-82H,5,8-77H2,1-4,6-7H3,(H,88,90)(H,89,91). The molecule has 2 amide bonds. The van der Waals surface area contributed by atoms with Crippen LogP contribution in [0.25, 0.3) is 0 Å². The van der Waals surface area contributed by atoms with E-state index in [1.165, 1.54) is 308 Å². The van der Waals surface area contributed by atoms with Gasteiger partial charge < -0.3 is 39.1 Å². The molecule has 0 saturated carbocycles. The molecule has 13 nitrogen and oxygen atoms in total. The molecule has 0 aromatic heterocycles. The number of ether oxygens (including phenoxy) is 6. The minimum atomic E-state index is -0.426. The first-order chi connectivity index (χ1) is 49.0. The van der Waals surface area contributed by atoms with Crippen molar-refractivity contribution in [2.24, 2.45) is 23.7 Å². The number of carbonyl (C=O) groups excluding carboxylic acids is 5. The molecular weight excluding hydrogens is 1250 g/mol. The van der Waals surface area contributed by atoms with E-state index in [2.05, 4.69) is 44.9 Å². The van der Waals surface area contributed by atoms with Crippen LogP contribution in [0.15, 0.2) is 12.2 Å². The molecule has 0 bridgehead atoms. The third-order valence-electron chi connectivity index (χ3n) is 20.9. The van der Waals surface area contributed by atoms with Gasteiger partial charge in [0.25, 0.3) is 0 Å². The van der Waals surface area contributed by atoms with Crippen molar-refractivity contribution >= 4 is 29.7 Å². The van der Waals surface area contributed by atoms with Crippen LogP contribution in [-0.2, 0) is 52.4 Å². The number of unbranched alkanes of at least 4 members (excludes halogenated alkanes) is 40. The monoisotopic (exact) mass is 1420 g/mol. The predicted molar refractivity (Wildman–Crippen MR) is 421 cm³/mol. The van der Waals surface area contributed by atoms with Gasteiger partial charge in [0.15, 0.2) is 0 Å². The number of nitrogens with one attached hydrogen (secondary N) is 2. The molecule has 4 atom stereocenters. The summed E-state index contributed by atoms with van der Waals surface area (Å²) in [4.78, 5) is 61.4. The zero-order valence-corrected chi connectivity index (χ0v) is 67.0. The van der Waals surface area contributed by atoms with Crippen molar-refractivity contribution in [2.45, 2.75) is 420 Å². The molecule has 0 radical (unpaired) electrons. The lowest BCUT2D eigenvalue weighted by atomic mass is 9.78. The zero-order valence-electron chi connectivity index (χ0n) is 67.0. The van der Waals surface area contributed by atoms with E-state index in [0.717, 1.165) is 75.0 Å². The largest absolute Gasteiger partial charge is 0.463 e. The van der Waals surface area contributed by atoms with E-state index in [4.69, 9.17) is 28.4 Å². The van der Waals surface area contributed by atoms with Gasteiger partial charge in [-0.05, 0) is 56.3 Å². The Morgan fingerprint density at radius 1 is 0.280 bits per heavy atom. The van der Waals surface area contributed by atoms with Crippen LogP contribution in [0.2, 0.25) is 0 Å². The fraction of sp³-hybridized carbons (Fsp3) is 0.920. The number of amides is 2. The topological polar surface area (TPSA) is 165 Å². The molecule has 0 rings (SSSR count). The van der Waals surface area contributed by atoms with Crippen LogP contribution in [0, 0.1) is 23.7 Å². The normalized spacial score (nSPS) is 12.7. The molecule has 0 heterocycles. The summed E-state index contributed by atoms with van der Waals surface area (Å²) in [6.07, 6.45) is 74.2. The summed E-state index contributed by atoms with van der Waals surface area (Å²) in [5.74, 6) is 2.88. The third-order valence-corrected chi connectivity index (χ3v) is 20.9. The van der Waals surface area contributed by atoms with Crippen molar-refractivity contribution in [2.75, 3.05) is 73.1 Å². The first-order valence-electron chi connectivity index (χ1n) is 43.3. The molecule has 4 unspecified atom stereocenters. The zero-order chi connectivity index (χ0) is 72.9. The number of methoxy groups -OCH3 is 1. The number of hydrogen-bond acceptors (Lipinski definition) is 11. The second-order valence-corrected chi connectivity index (χ2v) is 30.2. The van der Waals surface area contributed by atoms with Crippen LogP contribution in [-0.4, -0.2) is 103 Å². The summed E-state index contributed by atoms with van der Waals surface area (Å²) >= 11 is 0. The van der Waals surface area contributed by atoms with Gasteiger partial charge in [0.1, 0.15) is 19.8 Å². The van der Waals surface area contributed by atoms with Crippen molar-refractivity contribution in [3.05, 3.63) is 12.2 Å². The fourth-order valence-corrected chi connectivity index (χ4v) is 14.6. The summed E-state index contributed by atoms with van der Waals surface area (Å²) < 4.78 is 31.5. The van der Waals surface area contributed by atoms with E-state index >= 15 is 0 Å². The highest BCUT2D eigenvalue weighted by Gasteiger charge is 2.23. The summed E-state index contributed by atoms with van der Waals surface area (Å²) in [5, 5.41) is 6.13. The maximum absolute atomic E-state index is 12.8. The Bertz CT molecular complexity index is 1800. The molecule has 0 aromatic carbocycles. The second kappa shape index (κ2) is 78.6. The van der Waals surface area contributed by atoms with E-state index in [-0.39, 0.29) is 43.6 Å². The molecule has 2 N–H and O–H groups in total. The Balaban J connectivity index is 4.77. The van der Waals surface area contributed by atoms with E-state index < -0.39 is 5.97 Å². The minimum Gasteiger partial charge on any atom is -0.463 e. The van der Waals surface area contributed by atoms with Crippen molar-refractivity contribution < 1.29 is 52.4 Å². The first-order valence-corrected chi connectivity index (χ1v) is 43.3. The smallest absolute Gasteiger partial charge is 0.333 e. The number of rotatable bonds is 82. The lowest BCUT2D eigenvalue weighted by Gasteiger charge is -2.28. The molecule has 0 aliphatic carbocycles. The van der Waals surface area contributed by atoms with Crippen LogP contribution >= 0.6 is 0 Å². The van der Waals surface area contributed by atoms with E-state index in [9.17, 15) is 24.0 Å². The molecule has 0 aromatic rings. The quantitative estimate of drug-likeness (QED) is 0.0258. The average molecular weight is 1420 g/mol. The molecule has 0 spiro atoms. The van der Waals surface area contributed by atoms with E-state index in [1.54, 1.807) is 14.0 Å². The van der Waals surface area contributed by atoms with Gasteiger partial charge in [-0.2, -0.15) is 0 Å². The predicted octanol–water partition coefficient (Wildman–Crippen LogP) is 24.1. The summed E-state index contributed by atoms with van der Waals surface area (Å²) in [7, 11) is 1.65. The molecular formula is C87H166N2O11. The minimum absolute atomic E-state index is 0.106. The highest BCUT2D eigenvalue weighted by Crippen LogP contribution is 2.36. The van der Waals surface area contributed by atoms with Gasteiger partial charge in [-0.1, -0.05) is 368 Å². The highest BCUT2D eigenvalue weighted by molar-refractivity contribution is 5.86. The molecule has 590 valence electrons. The van der Waals surface area contributed by atoms with Crippen LogP contribution in [0.3, 0.4) is 0 Å². The van der Waals surface area contributed by atoms with E-state index in [0.29, 0.717) is 77.4 Å². The molecule has 0 aliphatic rings. The van der Waals surface area contributed by atoms with Gasteiger partial charge in [0, 0.05) is 51.5 Å². The second-order valence-electron chi connectivity index (χ2n) is 30.2. The lowest BCUT2D eigenvalue weighted by Crippen LogP contribution is -2.34. The number of hydrogen-bond donors (Lipinski definition) is 2. The van der Waals surface area contributed by atoms with Gasteiger partial charge in [0.2, 0.25) is 11.8 Å². The molecule has 0 saturated heterocycles. The van der Waals surface area contributed by atoms with Crippen LogP contribution in [0.5, 0.6) is 0 Å². The Hall–Kier alpha value is -3.03. The van der Waals surface area contributed by atoms with Crippen molar-refractivity contribution in [3.63, 3.8) is 0 Å². The maximum Gasteiger partial charge on any atom is 0.333 e. The van der Waals surface area contributed by atoms with Crippen molar-refractivity contribution in [1.82, 2.24) is 10.6 Å². The van der Waals surface area contributed by atoms with Gasteiger partial charge in [-0.3, -0.25) is 19.2 Å². The summed E-state index contributed by atoms with van der Waals surface area (Å²) in [6.45, 7) is 18.2. The summed E-state index contributed by atoms with van der Waals surface area (Å²) in [6, 6.07) is 0. The molecule has 0 aliphatic heterocycles. The van der Waals surface area contributed by atoms with Crippen LogP contribution < -0.4 is 10.6 Å². The lowest BCUT2D eigenvalue weighted by molar-refractivity contribution is -0.146. The molecule has 13 heteroatoms. The van der Waals surface area contributed by atoms with Gasteiger partial charge in [0.05, 0.1) is 33.0 Å². The third kappa shape index (κ3) is 69.3. The first kappa shape index (κ1) is 97.0. The molecule has 0 fully saturated rings. The van der Waals surface area contributed by atoms with Gasteiger partial charge >= 0.3 is 17.9 Å². The highest BCUT2D eigenvalue weighted by atomic mass is 16.6. The van der Waals surface area contributed by atoms with Gasteiger partial charge in [-0.25, -0.2) is 4.79 Å². The SMILES string of the molecule is C=C(C)C(=O)OCCOCCOC(=O)CCCCCCCCC(CCCCCCCC)C(CCCCCCCC)CCCCCCCCC(=O)NCCNC(=O)CCCCCCCCC(CCCCCCCC)C(CCCCCCCC)CCCCCCCCC(=O)OCCOCCOC. The average Bonchev–Trinajstić information content (AvgIpc) is 2.76. The molecule has 100 heavy (non-hydrogen) atoms.